The van der Waals surface area contributed by atoms with Crippen molar-refractivity contribution in [1.29, 1.82) is 0 Å². The van der Waals surface area contributed by atoms with Crippen LogP contribution >= 0.6 is 0 Å². The van der Waals surface area contributed by atoms with E-state index in [0.29, 0.717) is 0 Å². The predicted molar refractivity (Wildman–Crippen MR) is 36.6 cm³/mol. The summed E-state index contributed by atoms with van der Waals surface area (Å²) in [4.78, 5) is -10.6. The van der Waals surface area contributed by atoms with E-state index in [1.807, 2.05) is 0 Å². The van der Waals surface area contributed by atoms with Crippen LogP contribution < -0.4 is 3.35 Å². The van der Waals surface area contributed by atoms with Gasteiger partial charge in [-0.2, -0.15) is 0 Å². The van der Waals surface area contributed by atoms with Crippen molar-refractivity contribution in [2.24, 2.45) is 0 Å². The second-order valence-corrected chi connectivity index (χ2v) is 7.49. The molecule has 0 rings (SSSR count). The molecule has 0 heterocycles. The van der Waals surface area contributed by atoms with Crippen molar-refractivity contribution in [2.75, 3.05) is 0 Å². The summed E-state index contributed by atoms with van der Waals surface area (Å²) in [5.74, 6) is 0. The Kier molecular flexibility index (Phi) is 5.21. The summed E-state index contributed by atoms with van der Waals surface area (Å²) in [6.45, 7) is 0. The quantitative estimate of drug-likeness (QED) is 0.553. The Morgan fingerprint density at radius 2 is 0.765 bits per heavy atom. The summed E-state index contributed by atoms with van der Waals surface area (Å²) in [5, 5.41) is 0. The van der Waals surface area contributed by atoms with E-state index in [4.69, 9.17) is 0 Å². The van der Waals surface area contributed by atoms with Gasteiger partial charge in [0.1, 0.15) is 0 Å². The molecule has 0 saturated carbocycles. The van der Waals surface area contributed by atoms with Gasteiger partial charge in [0, 0.05) is 0 Å². The van der Waals surface area contributed by atoms with E-state index in [0.717, 1.165) is 3.35 Å². The predicted octanol–water partition coefficient (Wildman–Crippen LogP) is 2.12. The van der Waals surface area contributed by atoms with Gasteiger partial charge >= 0.3 is 99.6 Å². The van der Waals surface area contributed by atoms with E-state index in [9.17, 15) is 43.9 Å². The van der Waals surface area contributed by atoms with Gasteiger partial charge in [-0.3, -0.25) is 0 Å². The zero-order valence-corrected chi connectivity index (χ0v) is 10.5. The topological polar surface area (TPSA) is 12.0 Å². The van der Waals surface area contributed by atoms with E-state index in [1.54, 1.807) is 0 Å². The van der Waals surface area contributed by atoms with Crippen molar-refractivity contribution in [3.63, 3.8) is 0 Å². The second-order valence-electron chi connectivity index (χ2n) is 2.32. The summed E-state index contributed by atoms with van der Waals surface area (Å²) in [7, 11) is 0. The van der Waals surface area contributed by atoms with Crippen LogP contribution in [0, 0.1) is 0 Å². The molecule has 13 heteroatoms. The van der Waals surface area contributed by atoms with Gasteiger partial charge in [-0.1, -0.05) is 0 Å². The molecule has 0 fully saturated rings. The molecule has 1 N–H and O–H groups in total. The fraction of sp³-hybridized carbons (Fsp3) is 1.00. The fourth-order valence-corrected chi connectivity index (χ4v) is 3.99. The molecule has 0 aliphatic carbocycles. The van der Waals surface area contributed by atoms with Crippen LogP contribution in [0.4, 0.5) is 43.9 Å². The molecular weight excluding hydrogens is 410 g/mol. The summed E-state index contributed by atoms with van der Waals surface area (Å²) in [5.41, 5.74) is 0. The third-order valence-corrected chi connectivity index (χ3v) is 5.21. The Hall–Kier alpha value is 0.299. The Bertz CT molecular complexity index is 230. The van der Waals surface area contributed by atoms with Crippen molar-refractivity contribution >= 4 is 30.3 Å². The average Bonchev–Trinajstić information content (AvgIpc) is 1.98. The van der Waals surface area contributed by atoms with Crippen LogP contribution in [0.2, 0.25) is 0 Å². The molecule has 0 saturated heterocycles. The van der Waals surface area contributed by atoms with E-state index in [1.165, 1.54) is 0 Å². The zero-order chi connectivity index (χ0) is 14.1. The molecule has 0 unspecified atom stereocenters. The first-order valence-corrected chi connectivity index (χ1v) is 6.63. The number of hydrogen-bond donors (Lipinski definition) is 1. The van der Waals surface area contributed by atoms with E-state index in [2.05, 4.69) is 0 Å². The van der Waals surface area contributed by atoms with Crippen molar-refractivity contribution < 1.29 is 43.9 Å². The molecule has 104 valence electrons. The summed E-state index contributed by atoms with van der Waals surface area (Å²) in [6, 6.07) is 0. The Labute approximate surface area is 100 Å². The second kappa shape index (κ2) is 5.12. The molecule has 0 aromatic heterocycles. The molecule has 0 aromatic rings. The van der Waals surface area contributed by atoms with Gasteiger partial charge in [0.25, 0.3) is 0 Å². The van der Waals surface area contributed by atoms with Crippen molar-refractivity contribution in [3.05, 3.63) is 0 Å². The van der Waals surface area contributed by atoms with Gasteiger partial charge in [-0.25, -0.2) is 0 Å². The molecule has 0 aromatic carbocycles. The molecule has 17 heavy (non-hydrogen) atoms. The monoisotopic (exact) mass is 413 g/mol. The summed E-state index contributed by atoms with van der Waals surface area (Å²) >= 11 is -5.86. The van der Waals surface area contributed by atoms with Crippen LogP contribution in [-0.4, -0.2) is 52.3 Å². The van der Waals surface area contributed by atoms with Crippen LogP contribution in [0.25, 0.3) is 0 Å². The first kappa shape index (κ1) is 17.3. The van der Waals surface area contributed by atoms with Gasteiger partial charge in [-0.15, -0.1) is 0 Å². The molecule has 0 bridgehead atoms. The Morgan fingerprint density at radius 1 is 0.529 bits per heavy atom. The molecule has 0 amide bonds. The van der Waals surface area contributed by atoms with Crippen LogP contribution in [0.3, 0.4) is 0 Å². The fourth-order valence-electron chi connectivity index (χ4n) is 0.241. The Balaban J connectivity index is 4.36. The van der Waals surface area contributed by atoms with Gasteiger partial charge < -0.3 is 0 Å². The first-order chi connectivity index (χ1) is 7.21. The minimum absolute atomic E-state index is 0.864. The number of rotatable bonds is 4. The zero-order valence-electron chi connectivity index (χ0n) is 7.10. The third kappa shape index (κ3) is 4.82. The molecule has 0 radical (unpaired) electrons. The standard InChI is InChI=1S/C4HF10NSe2/c5-1(6,7)3(11,12)16-15-17-4(13,14)2(8,9)10/h15H. The van der Waals surface area contributed by atoms with Gasteiger partial charge in [0.15, 0.2) is 0 Å². The maximum absolute atomic E-state index is 12.1. The molecular formula is C4HF10NSe2. The Morgan fingerprint density at radius 3 is 0.941 bits per heavy atom. The first-order valence-electron chi connectivity index (χ1n) is 3.21. The maximum atomic E-state index is 12.1. The normalized spacial score (nSPS) is 15.2. The van der Waals surface area contributed by atoms with Gasteiger partial charge in [0.05, 0.1) is 0 Å². The van der Waals surface area contributed by atoms with Gasteiger partial charge in [-0.05, 0) is 0 Å². The van der Waals surface area contributed by atoms with Crippen LogP contribution in [0.5, 0.6) is 0 Å². The van der Waals surface area contributed by atoms with Gasteiger partial charge in [0.2, 0.25) is 0 Å². The minimum atomic E-state index is -5.98. The molecule has 0 aliphatic rings. The van der Waals surface area contributed by atoms with E-state index in [-0.39, 0.29) is 0 Å². The molecule has 0 aliphatic heterocycles. The van der Waals surface area contributed by atoms with E-state index < -0.39 is 52.3 Å². The summed E-state index contributed by atoms with van der Waals surface area (Å²) in [6.07, 6.45) is -12.0. The number of nitrogens with one attached hydrogen (secondary N) is 1. The SMILES string of the molecule is FC(F)(F)C(F)(F)[Se]N[Se]C(F)(F)C(F)(F)F. The van der Waals surface area contributed by atoms with Crippen LogP contribution in [0.1, 0.15) is 0 Å². The number of alkyl halides is 10. The van der Waals surface area contributed by atoms with Crippen molar-refractivity contribution in [1.82, 2.24) is 3.35 Å². The summed E-state index contributed by atoms with van der Waals surface area (Å²) < 4.78 is 118. The third-order valence-electron chi connectivity index (χ3n) is 1.000. The average molecular weight is 411 g/mol. The van der Waals surface area contributed by atoms with E-state index >= 15 is 0 Å². The van der Waals surface area contributed by atoms with Crippen LogP contribution in [-0.2, 0) is 0 Å². The van der Waals surface area contributed by atoms with Crippen molar-refractivity contribution in [3.8, 4) is 0 Å². The molecule has 0 atom stereocenters. The molecule has 1 nitrogen and oxygen atoms in total. The van der Waals surface area contributed by atoms with Crippen molar-refractivity contribution in [2.45, 2.75) is 22.0 Å². The number of hydrogen-bond acceptors (Lipinski definition) is 1. The van der Waals surface area contributed by atoms with Crippen LogP contribution in [0.15, 0.2) is 0 Å². The number of halogens is 10. The molecule has 0 spiro atoms.